The number of rotatable bonds is 1. The third kappa shape index (κ3) is 1.05. The van der Waals surface area contributed by atoms with Crippen LogP contribution in [0, 0.1) is 11.3 Å². The van der Waals surface area contributed by atoms with Crippen LogP contribution in [0.1, 0.15) is 40.0 Å². The number of aliphatic hydroxyl groups excluding tert-OH is 1. The summed E-state index contributed by atoms with van der Waals surface area (Å²) in [5.41, 5.74) is 0.615. The van der Waals surface area contributed by atoms with Gasteiger partial charge in [0.25, 0.3) is 0 Å². The van der Waals surface area contributed by atoms with E-state index in [2.05, 4.69) is 20.8 Å². The average Bonchev–Trinajstić information content (AvgIpc) is 2.98. The van der Waals surface area contributed by atoms with Crippen molar-refractivity contribution in [1.82, 2.24) is 0 Å². The molecule has 2 heterocycles. The molecule has 19 heavy (non-hydrogen) atoms. The summed E-state index contributed by atoms with van der Waals surface area (Å²) in [6, 6.07) is 0. The molecule has 2 aliphatic carbocycles. The van der Waals surface area contributed by atoms with Crippen LogP contribution in [0.4, 0.5) is 0 Å². The fourth-order valence-electron chi connectivity index (χ4n) is 5.05. The molecule has 2 saturated carbocycles. The number of aliphatic hydroxyl groups is 1. The Balaban J connectivity index is 1.93. The minimum Gasteiger partial charge on any atom is -0.448 e. The lowest BCUT2D eigenvalue weighted by atomic mass is 9.67. The maximum atomic E-state index is 12.1. The third-order valence-corrected chi connectivity index (χ3v) is 5.77. The molecule has 4 atom stereocenters. The van der Waals surface area contributed by atoms with Gasteiger partial charge in [-0.15, -0.1) is 0 Å². The molecule has 2 spiro atoms. The van der Waals surface area contributed by atoms with Crippen molar-refractivity contribution < 1.29 is 19.4 Å². The first-order chi connectivity index (χ1) is 8.89. The van der Waals surface area contributed by atoms with E-state index in [4.69, 9.17) is 9.47 Å². The van der Waals surface area contributed by atoms with Crippen LogP contribution in [0.15, 0.2) is 11.1 Å². The van der Waals surface area contributed by atoms with Gasteiger partial charge in [0.05, 0.1) is 18.3 Å². The molecule has 0 aromatic rings. The molecule has 0 radical (unpaired) electrons. The molecular weight excluding hydrogens is 244 g/mol. The second-order valence-electron chi connectivity index (χ2n) is 7.23. The van der Waals surface area contributed by atoms with E-state index in [0.717, 1.165) is 24.8 Å². The molecular formula is C15H20O4. The first-order valence-corrected chi connectivity index (χ1v) is 7.13. The van der Waals surface area contributed by atoms with E-state index in [1.165, 1.54) is 0 Å². The van der Waals surface area contributed by atoms with Crippen molar-refractivity contribution in [2.45, 2.75) is 57.3 Å². The summed E-state index contributed by atoms with van der Waals surface area (Å²) in [7, 11) is 0. The zero-order valence-electron chi connectivity index (χ0n) is 11.7. The molecule has 0 unspecified atom stereocenters. The van der Waals surface area contributed by atoms with Crippen molar-refractivity contribution in [2.24, 2.45) is 11.3 Å². The molecule has 4 nitrogen and oxygen atoms in total. The van der Waals surface area contributed by atoms with Crippen LogP contribution in [-0.2, 0) is 14.3 Å². The van der Waals surface area contributed by atoms with Crippen LogP contribution in [0.2, 0.25) is 0 Å². The summed E-state index contributed by atoms with van der Waals surface area (Å²) in [6.45, 7) is 6.36. The molecule has 1 N–H and O–H groups in total. The second kappa shape index (κ2) is 3.07. The minimum atomic E-state index is -0.589. The largest absolute Gasteiger partial charge is 0.448 e. The second-order valence-corrected chi connectivity index (χ2v) is 7.23. The Kier molecular flexibility index (Phi) is 1.92. The van der Waals surface area contributed by atoms with Crippen molar-refractivity contribution in [2.75, 3.05) is 6.61 Å². The SMILES string of the molecule is C[C@@H]1CCC2=C(CO)C(=O)O[C@@]23CC(C)(C)[C@@H]2O[C@]123. The number of epoxide rings is 1. The summed E-state index contributed by atoms with van der Waals surface area (Å²) in [4.78, 5) is 12.1. The zero-order valence-corrected chi connectivity index (χ0v) is 11.7. The van der Waals surface area contributed by atoms with Gasteiger partial charge in [-0.25, -0.2) is 4.79 Å². The number of ether oxygens (including phenoxy) is 2. The van der Waals surface area contributed by atoms with Gasteiger partial charge in [-0.05, 0) is 29.7 Å². The highest BCUT2D eigenvalue weighted by Gasteiger charge is 2.85. The smallest absolute Gasteiger partial charge is 0.337 e. The first-order valence-electron chi connectivity index (χ1n) is 7.13. The third-order valence-electron chi connectivity index (χ3n) is 5.77. The Morgan fingerprint density at radius 3 is 2.79 bits per heavy atom. The summed E-state index contributed by atoms with van der Waals surface area (Å²) in [5, 5.41) is 9.49. The highest BCUT2D eigenvalue weighted by Crippen LogP contribution is 2.74. The van der Waals surface area contributed by atoms with Gasteiger partial charge < -0.3 is 14.6 Å². The maximum absolute atomic E-state index is 12.1. The molecule has 3 fully saturated rings. The van der Waals surface area contributed by atoms with Gasteiger partial charge in [0.1, 0.15) is 5.60 Å². The van der Waals surface area contributed by atoms with Gasteiger partial charge in [-0.3, -0.25) is 0 Å². The summed E-state index contributed by atoms with van der Waals surface area (Å²) >= 11 is 0. The van der Waals surface area contributed by atoms with Crippen LogP contribution in [0.3, 0.4) is 0 Å². The topological polar surface area (TPSA) is 59.1 Å². The lowest BCUT2D eigenvalue weighted by molar-refractivity contribution is -0.159. The van der Waals surface area contributed by atoms with E-state index in [1.54, 1.807) is 0 Å². The standard InChI is InChI=1S/C15H20O4/c1-8-4-5-10-9(6-16)11(17)18-14(10)7-13(2,3)12-15(8,14)19-12/h8,12,16H,4-7H2,1-3H3/t8-,12+,14+,15-/m1/s1. The monoisotopic (exact) mass is 264 g/mol. The zero-order chi connectivity index (χ0) is 13.6. The van der Waals surface area contributed by atoms with Crippen LogP contribution in [-0.4, -0.2) is 35.0 Å². The molecule has 0 bridgehead atoms. The summed E-state index contributed by atoms with van der Waals surface area (Å²) < 4.78 is 12.0. The van der Waals surface area contributed by atoms with E-state index in [1.807, 2.05) is 0 Å². The van der Waals surface area contributed by atoms with Crippen LogP contribution < -0.4 is 0 Å². The summed E-state index contributed by atoms with van der Waals surface area (Å²) in [5.74, 6) is 0.0618. The molecule has 4 heteroatoms. The maximum Gasteiger partial charge on any atom is 0.337 e. The number of esters is 1. The van der Waals surface area contributed by atoms with Gasteiger partial charge in [0, 0.05) is 6.42 Å². The highest BCUT2D eigenvalue weighted by atomic mass is 16.7. The van der Waals surface area contributed by atoms with Crippen LogP contribution in [0.5, 0.6) is 0 Å². The molecule has 0 aromatic carbocycles. The fraction of sp³-hybridized carbons (Fsp3) is 0.800. The van der Waals surface area contributed by atoms with Gasteiger partial charge in [-0.1, -0.05) is 20.8 Å². The van der Waals surface area contributed by atoms with Crippen LogP contribution in [0.25, 0.3) is 0 Å². The number of hydrogen-bond acceptors (Lipinski definition) is 4. The summed E-state index contributed by atoms with van der Waals surface area (Å²) in [6.07, 6.45) is 2.84. The lowest BCUT2D eigenvalue weighted by Gasteiger charge is -2.42. The van der Waals surface area contributed by atoms with Gasteiger partial charge >= 0.3 is 5.97 Å². The Bertz CT molecular complexity index is 520. The number of carbonyl (C=O) groups excluding carboxylic acids is 1. The molecule has 1 saturated heterocycles. The minimum absolute atomic E-state index is 0.0229. The van der Waals surface area contributed by atoms with Crippen molar-refractivity contribution in [3.63, 3.8) is 0 Å². The van der Waals surface area contributed by atoms with Crippen LogP contribution >= 0.6 is 0 Å². The fourth-order valence-corrected chi connectivity index (χ4v) is 5.05. The van der Waals surface area contributed by atoms with E-state index in [9.17, 15) is 9.90 Å². The highest BCUT2D eigenvalue weighted by molar-refractivity contribution is 5.94. The Labute approximate surface area is 112 Å². The van der Waals surface area contributed by atoms with E-state index >= 15 is 0 Å². The van der Waals surface area contributed by atoms with Gasteiger partial charge in [0.15, 0.2) is 5.60 Å². The van der Waals surface area contributed by atoms with E-state index in [0.29, 0.717) is 11.5 Å². The predicted molar refractivity (Wildman–Crippen MR) is 67.3 cm³/mol. The van der Waals surface area contributed by atoms with Crippen molar-refractivity contribution in [3.05, 3.63) is 11.1 Å². The van der Waals surface area contributed by atoms with E-state index < -0.39 is 5.60 Å². The first kappa shape index (κ1) is 11.9. The van der Waals surface area contributed by atoms with E-state index in [-0.39, 0.29) is 29.7 Å². The number of hydrogen-bond donors (Lipinski definition) is 1. The Morgan fingerprint density at radius 2 is 2.16 bits per heavy atom. The molecule has 4 aliphatic rings. The molecule has 4 rings (SSSR count). The normalized spacial score (nSPS) is 49.6. The molecule has 0 amide bonds. The molecule has 104 valence electrons. The molecule has 0 aromatic heterocycles. The Hall–Kier alpha value is -0.870. The quantitative estimate of drug-likeness (QED) is 0.577. The molecule has 2 aliphatic heterocycles. The van der Waals surface area contributed by atoms with Crippen molar-refractivity contribution in [3.8, 4) is 0 Å². The number of carbonyl (C=O) groups is 1. The van der Waals surface area contributed by atoms with Crippen molar-refractivity contribution >= 4 is 5.97 Å². The van der Waals surface area contributed by atoms with Gasteiger partial charge in [-0.2, -0.15) is 0 Å². The van der Waals surface area contributed by atoms with Gasteiger partial charge in [0.2, 0.25) is 0 Å². The predicted octanol–water partition coefficient (Wildman–Crippen LogP) is 1.57. The Morgan fingerprint density at radius 1 is 1.42 bits per heavy atom. The van der Waals surface area contributed by atoms with Crippen molar-refractivity contribution in [1.29, 1.82) is 0 Å². The average molecular weight is 264 g/mol. The lowest BCUT2D eigenvalue weighted by Crippen LogP contribution is -2.52.